The molecule has 0 aromatic heterocycles. The molecule has 5 nitrogen and oxygen atoms in total. The van der Waals surface area contributed by atoms with Gasteiger partial charge in [-0.25, -0.2) is 13.2 Å². The van der Waals surface area contributed by atoms with Crippen molar-refractivity contribution in [3.63, 3.8) is 0 Å². The fourth-order valence-electron chi connectivity index (χ4n) is 0.771. The maximum absolute atomic E-state index is 11.2. The molecule has 2 amide bonds. The lowest BCUT2D eigenvalue weighted by Gasteiger charge is -2.16. The lowest BCUT2D eigenvalue weighted by Crippen LogP contribution is -2.39. The molecule has 0 bridgehead atoms. The van der Waals surface area contributed by atoms with Gasteiger partial charge < -0.3 is 10.2 Å². The summed E-state index contributed by atoms with van der Waals surface area (Å²) < 4.78 is 21.6. The number of sulfone groups is 1. The molecule has 84 valence electrons. The Balaban J connectivity index is 3.84. The van der Waals surface area contributed by atoms with Gasteiger partial charge in [0.1, 0.15) is 9.84 Å². The van der Waals surface area contributed by atoms with Gasteiger partial charge in [-0.3, -0.25) is 0 Å². The van der Waals surface area contributed by atoms with E-state index in [9.17, 15) is 13.2 Å². The summed E-state index contributed by atoms with van der Waals surface area (Å²) in [6, 6.07) is -0.226. The molecule has 0 aliphatic carbocycles. The molecule has 0 heterocycles. The Morgan fingerprint density at radius 3 is 2.43 bits per heavy atom. The van der Waals surface area contributed by atoms with E-state index in [1.165, 1.54) is 4.90 Å². The molecule has 0 aliphatic heterocycles. The minimum Gasteiger partial charge on any atom is -0.338 e. The normalized spacial score (nSPS) is 11.1. The van der Waals surface area contributed by atoms with E-state index in [1.807, 2.05) is 6.92 Å². The summed E-state index contributed by atoms with van der Waals surface area (Å²) in [5, 5.41) is 2.66. The summed E-state index contributed by atoms with van der Waals surface area (Å²) in [6.45, 7) is 2.80. The monoisotopic (exact) mass is 222 g/mol. The molecule has 6 heteroatoms. The molecule has 14 heavy (non-hydrogen) atoms. The van der Waals surface area contributed by atoms with Gasteiger partial charge in [-0.1, -0.05) is 6.92 Å². The third kappa shape index (κ3) is 6.71. The van der Waals surface area contributed by atoms with Crippen LogP contribution in [0, 0.1) is 0 Å². The van der Waals surface area contributed by atoms with Crippen LogP contribution in [0.5, 0.6) is 0 Å². The zero-order valence-corrected chi connectivity index (χ0v) is 9.73. The molecule has 0 atom stereocenters. The van der Waals surface area contributed by atoms with E-state index in [2.05, 4.69) is 5.32 Å². The summed E-state index contributed by atoms with van der Waals surface area (Å²) in [5.41, 5.74) is 0. The van der Waals surface area contributed by atoms with Gasteiger partial charge in [-0.05, 0) is 6.42 Å². The Morgan fingerprint density at radius 2 is 2.00 bits per heavy atom. The van der Waals surface area contributed by atoms with Crippen LogP contribution < -0.4 is 5.32 Å². The second-order valence-corrected chi connectivity index (χ2v) is 5.54. The van der Waals surface area contributed by atoms with Crippen LogP contribution in [0.25, 0.3) is 0 Å². The number of hydrogen-bond donors (Lipinski definition) is 1. The molecule has 0 radical (unpaired) electrons. The van der Waals surface area contributed by atoms with E-state index >= 15 is 0 Å². The molecule has 0 aliphatic rings. The van der Waals surface area contributed by atoms with Crippen molar-refractivity contribution in [3.8, 4) is 0 Å². The van der Waals surface area contributed by atoms with Crippen LogP contribution in [-0.2, 0) is 9.84 Å². The Morgan fingerprint density at radius 1 is 1.43 bits per heavy atom. The second-order valence-electron chi connectivity index (χ2n) is 3.28. The number of rotatable bonds is 5. The Kier molecular flexibility index (Phi) is 5.52. The number of amides is 2. The molecular formula is C8H18N2O3S. The van der Waals surface area contributed by atoms with E-state index in [0.29, 0.717) is 6.54 Å². The fourth-order valence-corrected chi connectivity index (χ4v) is 1.38. The molecule has 0 saturated heterocycles. The molecular weight excluding hydrogens is 204 g/mol. The third-order valence-electron chi connectivity index (χ3n) is 1.67. The van der Waals surface area contributed by atoms with Crippen molar-refractivity contribution in [2.45, 2.75) is 13.3 Å². The number of carbonyl (C=O) groups excluding carboxylic acids is 1. The van der Waals surface area contributed by atoms with E-state index in [4.69, 9.17) is 0 Å². The van der Waals surface area contributed by atoms with E-state index in [-0.39, 0.29) is 18.3 Å². The minimum atomic E-state index is -2.99. The molecule has 0 spiro atoms. The van der Waals surface area contributed by atoms with Crippen LogP contribution in [0.4, 0.5) is 4.79 Å². The van der Waals surface area contributed by atoms with Crippen molar-refractivity contribution < 1.29 is 13.2 Å². The highest BCUT2D eigenvalue weighted by atomic mass is 32.2. The predicted molar refractivity (Wildman–Crippen MR) is 56.0 cm³/mol. The summed E-state index contributed by atoms with van der Waals surface area (Å²) >= 11 is 0. The van der Waals surface area contributed by atoms with E-state index in [1.54, 1.807) is 7.05 Å². The number of nitrogens with zero attached hydrogens (tertiary/aromatic N) is 1. The number of hydrogen-bond acceptors (Lipinski definition) is 3. The van der Waals surface area contributed by atoms with Crippen molar-refractivity contribution in [2.75, 3.05) is 32.1 Å². The first-order chi connectivity index (χ1) is 6.37. The summed E-state index contributed by atoms with van der Waals surface area (Å²) in [6.07, 6.45) is 2.02. The maximum Gasteiger partial charge on any atom is 0.317 e. The van der Waals surface area contributed by atoms with Crippen molar-refractivity contribution in [3.05, 3.63) is 0 Å². The zero-order chi connectivity index (χ0) is 11.2. The average molecular weight is 222 g/mol. The van der Waals surface area contributed by atoms with Crippen LogP contribution >= 0.6 is 0 Å². The minimum absolute atomic E-state index is 0.00302. The summed E-state index contributed by atoms with van der Waals surface area (Å²) in [4.78, 5) is 12.6. The fraction of sp³-hybridized carbons (Fsp3) is 0.875. The smallest absolute Gasteiger partial charge is 0.317 e. The highest BCUT2D eigenvalue weighted by Gasteiger charge is 2.10. The molecule has 0 saturated carbocycles. The van der Waals surface area contributed by atoms with Crippen LogP contribution in [0.1, 0.15) is 13.3 Å². The van der Waals surface area contributed by atoms with Crippen LogP contribution in [0.2, 0.25) is 0 Å². The van der Waals surface area contributed by atoms with Gasteiger partial charge in [0.05, 0.1) is 5.75 Å². The Bertz CT molecular complexity index is 274. The molecule has 0 unspecified atom stereocenters. The third-order valence-corrected chi connectivity index (χ3v) is 2.59. The maximum atomic E-state index is 11.2. The molecule has 0 aromatic carbocycles. The second kappa shape index (κ2) is 5.85. The lowest BCUT2D eigenvalue weighted by molar-refractivity contribution is 0.211. The SMILES string of the molecule is CCCNC(=O)N(C)CCS(C)(=O)=O. The quantitative estimate of drug-likeness (QED) is 0.716. The number of urea groups is 1. The van der Waals surface area contributed by atoms with Gasteiger partial charge in [-0.2, -0.15) is 0 Å². The summed E-state index contributed by atoms with van der Waals surface area (Å²) in [5.74, 6) is 0.00302. The largest absolute Gasteiger partial charge is 0.338 e. The van der Waals surface area contributed by atoms with Gasteiger partial charge >= 0.3 is 6.03 Å². The first kappa shape index (κ1) is 13.2. The number of carbonyl (C=O) groups is 1. The van der Waals surface area contributed by atoms with E-state index in [0.717, 1.165) is 12.7 Å². The molecule has 0 aromatic rings. The summed E-state index contributed by atoms with van der Waals surface area (Å²) in [7, 11) is -1.42. The average Bonchev–Trinajstić information content (AvgIpc) is 2.09. The van der Waals surface area contributed by atoms with Crippen LogP contribution in [0.15, 0.2) is 0 Å². The van der Waals surface area contributed by atoms with Gasteiger partial charge in [0.2, 0.25) is 0 Å². The van der Waals surface area contributed by atoms with Crippen molar-refractivity contribution in [1.29, 1.82) is 0 Å². The zero-order valence-electron chi connectivity index (χ0n) is 8.91. The van der Waals surface area contributed by atoms with Crippen LogP contribution in [0.3, 0.4) is 0 Å². The standard InChI is InChI=1S/C8H18N2O3S/c1-4-5-9-8(11)10(2)6-7-14(3,12)13/h4-7H2,1-3H3,(H,9,11). The highest BCUT2D eigenvalue weighted by molar-refractivity contribution is 7.90. The first-order valence-electron chi connectivity index (χ1n) is 4.53. The van der Waals surface area contributed by atoms with Crippen molar-refractivity contribution >= 4 is 15.9 Å². The van der Waals surface area contributed by atoms with Crippen LogP contribution in [-0.4, -0.2) is 51.5 Å². The Hall–Kier alpha value is -0.780. The van der Waals surface area contributed by atoms with Gasteiger partial charge in [0.25, 0.3) is 0 Å². The number of nitrogens with one attached hydrogen (secondary N) is 1. The molecule has 0 fully saturated rings. The molecule has 0 rings (SSSR count). The van der Waals surface area contributed by atoms with Crippen molar-refractivity contribution in [1.82, 2.24) is 10.2 Å². The Labute approximate surface area is 85.4 Å². The van der Waals surface area contributed by atoms with Gasteiger partial charge in [0.15, 0.2) is 0 Å². The van der Waals surface area contributed by atoms with Gasteiger partial charge in [-0.15, -0.1) is 0 Å². The molecule has 1 N–H and O–H groups in total. The highest BCUT2D eigenvalue weighted by Crippen LogP contribution is 1.89. The first-order valence-corrected chi connectivity index (χ1v) is 6.59. The van der Waals surface area contributed by atoms with Gasteiger partial charge in [0, 0.05) is 26.4 Å². The van der Waals surface area contributed by atoms with E-state index < -0.39 is 9.84 Å². The van der Waals surface area contributed by atoms with Crippen molar-refractivity contribution in [2.24, 2.45) is 0 Å². The lowest BCUT2D eigenvalue weighted by atomic mass is 10.5. The topological polar surface area (TPSA) is 66.5 Å². The predicted octanol–water partition coefficient (Wildman–Crippen LogP) is 0.0824.